The topological polar surface area (TPSA) is 117 Å². The third-order valence-electron chi connectivity index (χ3n) is 6.91. The zero-order valence-corrected chi connectivity index (χ0v) is 20.8. The van der Waals surface area contributed by atoms with E-state index in [1.165, 1.54) is 0 Å². The largest absolute Gasteiger partial charge is 0.350 e. The van der Waals surface area contributed by atoms with E-state index >= 15 is 0 Å². The predicted octanol–water partition coefficient (Wildman–Crippen LogP) is 3.54. The molecule has 0 saturated carbocycles. The van der Waals surface area contributed by atoms with Crippen molar-refractivity contribution in [2.45, 2.75) is 18.0 Å². The standard InChI is InChI=1S/C26H30N8O2/c1-27-26(12-14-32(2)3)11-9-17(15-22(26)34(35)36)29-25-30-23(19-10-13-28-24(19)31-25)20-16-33(4)21-8-6-5-7-18(20)21/h5-11,13,15-16,22,27H,12,14H2,1-4H3,(H2,28,29,30,31). The van der Waals surface area contributed by atoms with Crippen molar-refractivity contribution in [2.24, 2.45) is 7.05 Å². The summed E-state index contributed by atoms with van der Waals surface area (Å²) in [4.78, 5) is 26.5. The Morgan fingerprint density at radius 1 is 1.22 bits per heavy atom. The summed E-state index contributed by atoms with van der Waals surface area (Å²) in [5.41, 5.74) is 3.40. The predicted molar refractivity (Wildman–Crippen MR) is 142 cm³/mol. The van der Waals surface area contributed by atoms with Gasteiger partial charge >= 0.3 is 0 Å². The smallest absolute Gasteiger partial charge is 0.254 e. The Morgan fingerprint density at radius 2 is 2.03 bits per heavy atom. The molecule has 0 aliphatic heterocycles. The van der Waals surface area contributed by atoms with E-state index in [0.29, 0.717) is 30.3 Å². The molecular weight excluding hydrogens is 456 g/mol. The van der Waals surface area contributed by atoms with Crippen molar-refractivity contribution in [1.29, 1.82) is 0 Å². The second kappa shape index (κ2) is 9.21. The zero-order valence-electron chi connectivity index (χ0n) is 20.8. The van der Waals surface area contributed by atoms with E-state index in [4.69, 9.17) is 4.98 Å². The second-order valence-electron chi connectivity index (χ2n) is 9.46. The number of likely N-dealkylation sites (N-methyl/N-ethyl adjacent to an activating group) is 1. The molecule has 1 aliphatic carbocycles. The van der Waals surface area contributed by atoms with Crippen LogP contribution in [0.4, 0.5) is 5.95 Å². The highest BCUT2D eigenvalue weighted by molar-refractivity contribution is 6.02. The van der Waals surface area contributed by atoms with Gasteiger partial charge in [0.2, 0.25) is 5.95 Å². The molecule has 1 aliphatic rings. The SMILES string of the molecule is CNC1(CCN(C)C)C=CC(Nc2nc(-c3cn(C)c4ccccc34)c3cc[nH]c3n2)=CC1[N+](=O)[O-]. The van der Waals surface area contributed by atoms with E-state index in [0.717, 1.165) is 27.5 Å². The summed E-state index contributed by atoms with van der Waals surface area (Å²) in [7, 11) is 7.70. The van der Waals surface area contributed by atoms with Crippen LogP contribution in [0.2, 0.25) is 0 Å². The number of nitro groups is 1. The van der Waals surface area contributed by atoms with Crippen LogP contribution >= 0.6 is 0 Å². The highest BCUT2D eigenvalue weighted by Gasteiger charge is 2.44. The number of fused-ring (bicyclic) bond motifs is 2. The van der Waals surface area contributed by atoms with E-state index in [-0.39, 0.29) is 4.92 Å². The van der Waals surface area contributed by atoms with Crippen LogP contribution < -0.4 is 10.6 Å². The van der Waals surface area contributed by atoms with Gasteiger partial charge in [-0.25, -0.2) is 4.98 Å². The first-order valence-corrected chi connectivity index (χ1v) is 11.9. The van der Waals surface area contributed by atoms with E-state index in [1.807, 2.05) is 62.6 Å². The lowest BCUT2D eigenvalue weighted by molar-refractivity contribution is -0.519. The Hall–Kier alpha value is -4.02. The van der Waals surface area contributed by atoms with Crippen LogP contribution in [0.1, 0.15) is 6.42 Å². The van der Waals surface area contributed by atoms with Gasteiger partial charge in [0.25, 0.3) is 6.04 Å². The molecule has 0 bridgehead atoms. The van der Waals surface area contributed by atoms with Gasteiger partial charge in [-0.15, -0.1) is 0 Å². The molecule has 0 saturated heterocycles. The summed E-state index contributed by atoms with van der Waals surface area (Å²) in [6, 6.07) is 9.21. The molecule has 2 unspecified atom stereocenters. The summed E-state index contributed by atoms with van der Waals surface area (Å²) in [6.07, 6.45) is 9.89. The Balaban J connectivity index is 1.53. The Bertz CT molecular complexity index is 1500. The molecule has 10 nitrogen and oxygen atoms in total. The molecule has 0 fully saturated rings. The van der Waals surface area contributed by atoms with Crippen molar-refractivity contribution in [3.05, 3.63) is 76.8 Å². The number of nitrogens with zero attached hydrogens (tertiary/aromatic N) is 5. The van der Waals surface area contributed by atoms with Crippen LogP contribution in [0.5, 0.6) is 0 Å². The number of anilines is 1. The minimum Gasteiger partial charge on any atom is -0.350 e. The molecule has 1 aromatic carbocycles. The fourth-order valence-corrected chi connectivity index (χ4v) is 4.90. The van der Waals surface area contributed by atoms with Crippen LogP contribution in [0.25, 0.3) is 33.2 Å². The molecule has 0 spiro atoms. The molecule has 0 amide bonds. The van der Waals surface area contributed by atoms with E-state index in [2.05, 4.69) is 43.5 Å². The van der Waals surface area contributed by atoms with Crippen LogP contribution in [-0.4, -0.2) is 68.6 Å². The van der Waals surface area contributed by atoms with Crippen molar-refractivity contribution in [1.82, 2.24) is 29.7 Å². The van der Waals surface area contributed by atoms with Gasteiger partial charge in [-0.3, -0.25) is 10.1 Å². The lowest BCUT2D eigenvalue weighted by Crippen LogP contribution is -2.56. The van der Waals surface area contributed by atoms with Crippen LogP contribution in [0.3, 0.4) is 0 Å². The molecule has 3 aromatic heterocycles. The zero-order chi connectivity index (χ0) is 25.4. The van der Waals surface area contributed by atoms with Gasteiger partial charge in [0.15, 0.2) is 0 Å². The number of H-pyrrole nitrogens is 1. The monoisotopic (exact) mass is 486 g/mol. The molecule has 3 N–H and O–H groups in total. The van der Waals surface area contributed by atoms with E-state index in [9.17, 15) is 10.1 Å². The molecule has 4 aromatic rings. The summed E-state index contributed by atoms with van der Waals surface area (Å²) in [5, 5.41) is 20.5. The highest BCUT2D eigenvalue weighted by Crippen LogP contribution is 2.34. The number of rotatable bonds is 8. The number of aromatic nitrogens is 4. The van der Waals surface area contributed by atoms with Gasteiger partial charge in [0.05, 0.1) is 5.69 Å². The van der Waals surface area contributed by atoms with Crippen molar-refractivity contribution in [3.63, 3.8) is 0 Å². The minimum absolute atomic E-state index is 0.242. The average molecular weight is 487 g/mol. The van der Waals surface area contributed by atoms with Crippen LogP contribution in [-0.2, 0) is 7.05 Å². The third-order valence-corrected chi connectivity index (χ3v) is 6.91. The molecule has 186 valence electrons. The molecule has 3 heterocycles. The van der Waals surface area contributed by atoms with Crippen molar-refractivity contribution >= 4 is 27.9 Å². The number of para-hydroxylation sites is 1. The van der Waals surface area contributed by atoms with Gasteiger partial charge in [-0.1, -0.05) is 24.3 Å². The lowest BCUT2D eigenvalue weighted by atomic mass is 9.82. The van der Waals surface area contributed by atoms with Crippen molar-refractivity contribution < 1.29 is 4.92 Å². The normalized spacial score (nSPS) is 19.8. The van der Waals surface area contributed by atoms with E-state index < -0.39 is 11.6 Å². The Labute approximate surface area is 208 Å². The first-order chi connectivity index (χ1) is 17.3. The van der Waals surface area contributed by atoms with Gasteiger partial charge in [0, 0.05) is 58.0 Å². The first-order valence-electron chi connectivity index (χ1n) is 11.9. The molecule has 0 radical (unpaired) electrons. The van der Waals surface area contributed by atoms with Crippen LogP contribution in [0.15, 0.2) is 66.7 Å². The number of allylic oxidation sites excluding steroid dienone is 1. The maximum absolute atomic E-state index is 12.1. The summed E-state index contributed by atoms with van der Waals surface area (Å²) in [6.45, 7) is 0.715. The van der Waals surface area contributed by atoms with Gasteiger partial charge in [0.1, 0.15) is 11.2 Å². The van der Waals surface area contributed by atoms with Crippen molar-refractivity contribution in [3.8, 4) is 11.3 Å². The minimum atomic E-state index is -0.943. The second-order valence-corrected chi connectivity index (χ2v) is 9.46. The number of hydrogen-bond acceptors (Lipinski definition) is 7. The Kier molecular flexibility index (Phi) is 6.07. The van der Waals surface area contributed by atoms with E-state index in [1.54, 1.807) is 13.1 Å². The number of hydrogen-bond donors (Lipinski definition) is 3. The third kappa shape index (κ3) is 4.14. The fourth-order valence-electron chi connectivity index (χ4n) is 4.90. The summed E-state index contributed by atoms with van der Waals surface area (Å²) < 4.78 is 2.08. The highest BCUT2D eigenvalue weighted by atomic mass is 16.6. The molecular formula is C26H30N8O2. The summed E-state index contributed by atoms with van der Waals surface area (Å²) >= 11 is 0. The van der Waals surface area contributed by atoms with Crippen molar-refractivity contribution in [2.75, 3.05) is 33.0 Å². The molecule has 10 heteroatoms. The first kappa shape index (κ1) is 23.7. The maximum atomic E-state index is 12.1. The maximum Gasteiger partial charge on any atom is 0.254 e. The van der Waals surface area contributed by atoms with Gasteiger partial charge in [-0.05, 0) is 52.3 Å². The average Bonchev–Trinajstić information content (AvgIpc) is 3.47. The van der Waals surface area contributed by atoms with Gasteiger partial charge < -0.3 is 25.1 Å². The van der Waals surface area contributed by atoms with Gasteiger partial charge in [-0.2, -0.15) is 4.98 Å². The Morgan fingerprint density at radius 3 is 2.78 bits per heavy atom. The fraction of sp³-hybridized carbons (Fsp3) is 0.308. The quantitative estimate of drug-likeness (QED) is 0.258. The molecule has 2 atom stereocenters. The summed E-state index contributed by atoms with van der Waals surface area (Å²) in [5.74, 6) is 0.371. The number of aryl methyl sites for hydroxylation is 1. The number of benzene rings is 1. The molecule has 5 rings (SSSR count). The van der Waals surface area contributed by atoms with Crippen LogP contribution in [0, 0.1) is 10.1 Å². The lowest BCUT2D eigenvalue weighted by Gasteiger charge is -2.35. The molecule has 36 heavy (non-hydrogen) atoms. The number of nitrogens with one attached hydrogen (secondary N) is 3. The number of aromatic amines is 1.